The predicted molar refractivity (Wildman–Crippen MR) is 93.1 cm³/mol. The largest absolute Gasteiger partial charge is 0.491 e. The van der Waals surface area contributed by atoms with Crippen molar-refractivity contribution in [1.82, 2.24) is 4.90 Å². The van der Waals surface area contributed by atoms with Crippen LogP contribution in [0.1, 0.15) is 20.3 Å². The highest BCUT2D eigenvalue weighted by atomic mass is 35.5. The summed E-state index contributed by atoms with van der Waals surface area (Å²) >= 11 is 12.2. The van der Waals surface area contributed by atoms with Gasteiger partial charge in [0.05, 0.1) is 22.6 Å². The van der Waals surface area contributed by atoms with Gasteiger partial charge >= 0.3 is 12.0 Å². The minimum absolute atomic E-state index is 0.123. The molecule has 132 valence electrons. The summed E-state index contributed by atoms with van der Waals surface area (Å²) in [5.74, 6) is -0.937. The summed E-state index contributed by atoms with van der Waals surface area (Å²) < 4.78 is 5.35. The summed E-state index contributed by atoms with van der Waals surface area (Å²) in [6, 6.07) is 2.74. The number of likely N-dealkylation sites (tertiary alicyclic amines) is 1. The van der Waals surface area contributed by atoms with Crippen LogP contribution in [0.15, 0.2) is 12.1 Å². The molecule has 0 aliphatic carbocycles. The van der Waals surface area contributed by atoms with Crippen molar-refractivity contribution in [3.05, 3.63) is 22.2 Å². The molecule has 6 nitrogen and oxygen atoms in total. The summed E-state index contributed by atoms with van der Waals surface area (Å²) in [4.78, 5) is 25.1. The highest BCUT2D eigenvalue weighted by Gasteiger charge is 2.32. The first-order chi connectivity index (χ1) is 11.3. The molecule has 1 aliphatic heterocycles. The van der Waals surface area contributed by atoms with Crippen LogP contribution < -0.4 is 10.1 Å². The average molecular weight is 375 g/mol. The first-order valence-electron chi connectivity index (χ1n) is 7.72. The Labute approximate surface area is 150 Å². The van der Waals surface area contributed by atoms with Crippen LogP contribution in [0.2, 0.25) is 10.0 Å². The lowest BCUT2D eigenvalue weighted by molar-refractivity contribution is -0.143. The van der Waals surface area contributed by atoms with Crippen molar-refractivity contribution < 1.29 is 19.4 Å². The van der Waals surface area contributed by atoms with Crippen molar-refractivity contribution in [3.63, 3.8) is 0 Å². The Kier molecular flexibility index (Phi) is 6.18. The highest BCUT2D eigenvalue weighted by Crippen LogP contribution is 2.36. The molecule has 0 radical (unpaired) electrons. The smallest absolute Gasteiger partial charge is 0.321 e. The van der Waals surface area contributed by atoms with E-state index in [2.05, 4.69) is 5.32 Å². The summed E-state index contributed by atoms with van der Waals surface area (Å²) in [5, 5.41) is 12.5. The molecule has 0 aromatic heterocycles. The number of carboxylic acid groups (broad SMARTS) is 1. The van der Waals surface area contributed by atoms with E-state index in [1.165, 1.54) is 4.90 Å². The van der Waals surface area contributed by atoms with Gasteiger partial charge in [-0.3, -0.25) is 4.79 Å². The second-order valence-corrected chi connectivity index (χ2v) is 6.73. The molecule has 1 aromatic carbocycles. The minimum atomic E-state index is -0.883. The molecule has 1 fully saturated rings. The molecule has 2 unspecified atom stereocenters. The van der Waals surface area contributed by atoms with Crippen LogP contribution in [0.4, 0.5) is 10.5 Å². The molecule has 1 aromatic rings. The molecular weight excluding hydrogens is 355 g/mol. The van der Waals surface area contributed by atoms with Gasteiger partial charge in [0, 0.05) is 18.8 Å². The van der Waals surface area contributed by atoms with Crippen molar-refractivity contribution in [2.45, 2.75) is 20.3 Å². The molecule has 2 rings (SSSR count). The zero-order chi connectivity index (χ0) is 17.9. The summed E-state index contributed by atoms with van der Waals surface area (Å²) in [6.07, 6.45) is 0.569. The lowest BCUT2D eigenvalue weighted by atomic mass is 9.91. The molecule has 1 aliphatic rings. The number of carbonyl (C=O) groups excluding carboxylic acids is 1. The Hall–Kier alpha value is -1.66. The number of piperidine rings is 1. The van der Waals surface area contributed by atoms with E-state index in [0.29, 0.717) is 41.1 Å². The number of urea groups is 1. The fourth-order valence-corrected chi connectivity index (χ4v) is 3.41. The summed E-state index contributed by atoms with van der Waals surface area (Å²) in [5.41, 5.74) is 0.434. The lowest BCUT2D eigenvalue weighted by Crippen LogP contribution is -2.47. The number of anilines is 1. The van der Waals surface area contributed by atoms with Gasteiger partial charge in [0.15, 0.2) is 5.75 Å². The first-order valence-corrected chi connectivity index (χ1v) is 8.48. The first kappa shape index (κ1) is 18.7. The van der Waals surface area contributed by atoms with Gasteiger partial charge in [-0.25, -0.2) is 4.79 Å². The van der Waals surface area contributed by atoms with Gasteiger partial charge in [-0.1, -0.05) is 30.1 Å². The van der Waals surface area contributed by atoms with Crippen molar-refractivity contribution >= 4 is 40.9 Å². The number of hydrogen-bond donors (Lipinski definition) is 2. The standard InChI is InChI=1S/C16H20Cl2N2O4/c1-3-24-14-12(17)5-11(6-13(14)18)19-16(23)20-7-9(2)4-10(8-20)15(21)22/h5-6,9-10H,3-4,7-8H2,1-2H3,(H,19,23)(H,21,22). The molecule has 24 heavy (non-hydrogen) atoms. The second kappa shape index (κ2) is 7.94. The number of hydrogen-bond acceptors (Lipinski definition) is 3. The molecule has 0 saturated carbocycles. The number of rotatable bonds is 4. The Bertz CT molecular complexity index is 615. The molecule has 0 bridgehead atoms. The molecule has 2 N–H and O–H groups in total. The van der Waals surface area contributed by atoms with Gasteiger partial charge in [-0.05, 0) is 31.4 Å². The van der Waals surface area contributed by atoms with E-state index >= 15 is 0 Å². The number of carbonyl (C=O) groups is 2. The van der Waals surface area contributed by atoms with Gasteiger partial charge < -0.3 is 20.1 Å². The van der Waals surface area contributed by atoms with Gasteiger partial charge in [0.2, 0.25) is 0 Å². The van der Waals surface area contributed by atoms with Crippen molar-refractivity contribution in [2.24, 2.45) is 11.8 Å². The van der Waals surface area contributed by atoms with Gasteiger partial charge in [0.1, 0.15) is 0 Å². The molecule has 8 heteroatoms. The third-order valence-corrected chi connectivity index (χ3v) is 4.40. The van der Waals surface area contributed by atoms with Crippen LogP contribution in [0, 0.1) is 11.8 Å². The van der Waals surface area contributed by atoms with E-state index < -0.39 is 11.9 Å². The van der Waals surface area contributed by atoms with Crippen LogP contribution in [-0.4, -0.2) is 41.7 Å². The van der Waals surface area contributed by atoms with Gasteiger partial charge in [-0.15, -0.1) is 0 Å². The minimum Gasteiger partial charge on any atom is -0.491 e. The fourth-order valence-electron chi connectivity index (χ4n) is 2.81. The quantitative estimate of drug-likeness (QED) is 0.835. The Morgan fingerprint density at radius 1 is 1.33 bits per heavy atom. The average Bonchev–Trinajstić information content (AvgIpc) is 2.50. The molecule has 1 heterocycles. The van der Waals surface area contributed by atoms with E-state index in [1.807, 2.05) is 13.8 Å². The third-order valence-electron chi connectivity index (χ3n) is 3.83. The van der Waals surface area contributed by atoms with Crippen molar-refractivity contribution in [2.75, 3.05) is 25.0 Å². The van der Waals surface area contributed by atoms with E-state index in [4.69, 9.17) is 27.9 Å². The van der Waals surface area contributed by atoms with E-state index in [0.717, 1.165) is 0 Å². The molecule has 2 amide bonds. The number of ether oxygens (including phenoxy) is 1. The van der Waals surface area contributed by atoms with E-state index in [9.17, 15) is 14.7 Å². The SMILES string of the molecule is CCOc1c(Cl)cc(NC(=O)N2CC(C)CC(C(=O)O)C2)cc1Cl. The topological polar surface area (TPSA) is 78.9 Å². The number of nitrogens with one attached hydrogen (secondary N) is 1. The number of halogens is 2. The Balaban J connectivity index is 2.10. The maximum absolute atomic E-state index is 12.4. The van der Waals surface area contributed by atoms with Crippen LogP contribution in [0.3, 0.4) is 0 Å². The van der Waals surface area contributed by atoms with Crippen molar-refractivity contribution in [3.8, 4) is 5.75 Å². The summed E-state index contributed by atoms with van der Waals surface area (Å²) in [7, 11) is 0. The number of benzene rings is 1. The highest BCUT2D eigenvalue weighted by molar-refractivity contribution is 6.37. The van der Waals surface area contributed by atoms with E-state index in [1.54, 1.807) is 12.1 Å². The molecule has 2 atom stereocenters. The van der Waals surface area contributed by atoms with Crippen LogP contribution in [0.25, 0.3) is 0 Å². The number of amides is 2. The lowest BCUT2D eigenvalue weighted by Gasteiger charge is -2.34. The summed E-state index contributed by atoms with van der Waals surface area (Å²) in [6.45, 7) is 4.87. The normalized spacial score (nSPS) is 20.6. The Morgan fingerprint density at radius 3 is 2.50 bits per heavy atom. The predicted octanol–water partition coefficient (Wildman–Crippen LogP) is 3.97. The number of aliphatic carboxylic acids is 1. The van der Waals surface area contributed by atoms with Gasteiger partial charge in [0.25, 0.3) is 0 Å². The number of nitrogens with zero attached hydrogens (tertiary/aromatic N) is 1. The fraction of sp³-hybridized carbons (Fsp3) is 0.500. The molecular formula is C16H20Cl2N2O4. The third kappa shape index (κ3) is 4.45. The van der Waals surface area contributed by atoms with Crippen LogP contribution in [0.5, 0.6) is 5.75 Å². The van der Waals surface area contributed by atoms with Gasteiger partial charge in [-0.2, -0.15) is 0 Å². The van der Waals surface area contributed by atoms with E-state index in [-0.39, 0.29) is 18.5 Å². The van der Waals surface area contributed by atoms with Crippen LogP contribution in [-0.2, 0) is 4.79 Å². The maximum Gasteiger partial charge on any atom is 0.321 e. The monoisotopic (exact) mass is 374 g/mol. The maximum atomic E-state index is 12.4. The molecule has 1 saturated heterocycles. The zero-order valence-corrected chi connectivity index (χ0v) is 15.0. The Morgan fingerprint density at radius 2 is 1.96 bits per heavy atom. The second-order valence-electron chi connectivity index (χ2n) is 5.91. The zero-order valence-electron chi connectivity index (χ0n) is 13.5. The van der Waals surface area contributed by atoms with Crippen molar-refractivity contribution in [1.29, 1.82) is 0 Å². The number of carboxylic acids is 1. The molecule has 0 spiro atoms. The van der Waals surface area contributed by atoms with Crippen LogP contribution >= 0.6 is 23.2 Å².